The molecule has 0 amide bonds. The van der Waals surface area contributed by atoms with E-state index in [2.05, 4.69) is 41.5 Å². The first-order chi connectivity index (χ1) is 18.5. The third kappa shape index (κ3) is 8.12. The summed E-state index contributed by atoms with van der Waals surface area (Å²) in [5, 5.41) is 39.0. The van der Waals surface area contributed by atoms with E-state index in [4.69, 9.17) is 14.9 Å². The van der Waals surface area contributed by atoms with Crippen LogP contribution in [-0.4, -0.2) is 20.4 Å². The Bertz CT molecular complexity index is 1330. The van der Waals surface area contributed by atoms with Gasteiger partial charge >= 0.3 is 0 Å². The highest BCUT2D eigenvalue weighted by molar-refractivity contribution is 7.99. The van der Waals surface area contributed by atoms with Crippen molar-refractivity contribution in [3.8, 4) is 34.5 Å². The van der Waals surface area contributed by atoms with Gasteiger partial charge in [0.25, 0.3) is 0 Å². The summed E-state index contributed by atoms with van der Waals surface area (Å²) in [6, 6.07) is 21.2. The summed E-state index contributed by atoms with van der Waals surface area (Å²) in [5.74, 6) is 1.39. The number of phenolic OH excluding ortho intramolecular Hbond substituents is 4. The maximum absolute atomic E-state index is 10.4. The average Bonchev–Trinajstić information content (AvgIpc) is 2.85. The van der Waals surface area contributed by atoms with Crippen LogP contribution in [-0.2, 0) is 10.8 Å². The summed E-state index contributed by atoms with van der Waals surface area (Å²) < 4.78 is 5.84. The standard InChI is InChI=1S/C22H30O3.C12H10O2S/c1-13-9-19(17(23)11-15(13)21(3,4)5)25-20-10-14(2)16(12-18(20)24)22(6,7)8;13-9-1-5-11(6-2-9)15-12-7-3-10(14)4-8-12/h9-12,23-24H,1-8H3;1-8,13-14H. The number of aromatic hydroxyl groups is 4. The number of ether oxygens (including phenoxy) is 1. The molecule has 5 nitrogen and oxygen atoms in total. The molecule has 0 aliphatic carbocycles. The van der Waals surface area contributed by atoms with E-state index in [0.717, 1.165) is 32.0 Å². The van der Waals surface area contributed by atoms with E-state index in [1.54, 1.807) is 48.2 Å². The van der Waals surface area contributed by atoms with Crippen molar-refractivity contribution >= 4 is 11.8 Å². The molecular formula is C34H40O5S. The Kier molecular flexibility index (Phi) is 9.36. The Morgan fingerprint density at radius 3 is 1.15 bits per heavy atom. The zero-order chi connectivity index (χ0) is 29.8. The second-order valence-electron chi connectivity index (χ2n) is 12.0. The molecule has 0 unspecified atom stereocenters. The SMILES string of the molecule is Cc1cc(Oc2cc(C)c(C(C)(C)C)cc2O)c(O)cc1C(C)(C)C.Oc1ccc(Sc2ccc(O)cc2)cc1. The van der Waals surface area contributed by atoms with Crippen molar-refractivity contribution in [2.24, 2.45) is 0 Å². The lowest BCUT2D eigenvalue weighted by Gasteiger charge is -2.24. The number of benzene rings is 4. The minimum Gasteiger partial charge on any atom is -0.508 e. The van der Waals surface area contributed by atoms with Crippen LogP contribution in [0.4, 0.5) is 0 Å². The van der Waals surface area contributed by atoms with Gasteiger partial charge in [-0.25, -0.2) is 0 Å². The molecule has 0 heterocycles. The van der Waals surface area contributed by atoms with Crippen LogP contribution in [0, 0.1) is 13.8 Å². The number of aryl methyl sites for hydroxylation is 2. The maximum atomic E-state index is 10.4. The molecule has 0 radical (unpaired) electrons. The van der Waals surface area contributed by atoms with E-state index in [9.17, 15) is 10.2 Å². The second kappa shape index (κ2) is 12.2. The molecule has 4 aromatic carbocycles. The predicted octanol–water partition coefficient (Wildman–Crippen LogP) is 9.35. The predicted molar refractivity (Wildman–Crippen MR) is 163 cm³/mol. The van der Waals surface area contributed by atoms with Crippen LogP contribution in [0.25, 0.3) is 0 Å². The van der Waals surface area contributed by atoms with Crippen LogP contribution in [0.3, 0.4) is 0 Å². The van der Waals surface area contributed by atoms with E-state index in [-0.39, 0.29) is 33.8 Å². The van der Waals surface area contributed by atoms with Crippen molar-refractivity contribution in [3.05, 3.63) is 95.1 Å². The number of phenols is 4. The van der Waals surface area contributed by atoms with Gasteiger partial charge in [0.2, 0.25) is 0 Å². The van der Waals surface area contributed by atoms with Crippen LogP contribution in [0.1, 0.15) is 63.8 Å². The van der Waals surface area contributed by atoms with Gasteiger partial charge < -0.3 is 25.2 Å². The molecule has 0 saturated heterocycles. The van der Waals surface area contributed by atoms with Gasteiger partial charge in [-0.2, -0.15) is 0 Å². The monoisotopic (exact) mass is 560 g/mol. The Morgan fingerprint density at radius 2 is 0.850 bits per heavy atom. The number of hydrogen-bond donors (Lipinski definition) is 4. The summed E-state index contributed by atoms with van der Waals surface area (Å²) in [6.07, 6.45) is 0. The summed E-state index contributed by atoms with van der Waals surface area (Å²) in [6.45, 7) is 16.6. The lowest BCUT2D eigenvalue weighted by Crippen LogP contribution is -2.13. The van der Waals surface area contributed by atoms with Gasteiger partial charge in [-0.15, -0.1) is 0 Å². The Labute approximate surface area is 242 Å². The molecule has 4 rings (SSSR count). The molecule has 0 atom stereocenters. The molecule has 6 heteroatoms. The summed E-state index contributed by atoms with van der Waals surface area (Å²) in [7, 11) is 0. The summed E-state index contributed by atoms with van der Waals surface area (Å²) in [4.78, 5) is 2.11. The smallest absolute Gasteiger partial charge is 0.169 e. The first kappa shape index (κ1) is 30.8. The van der Waals surface area contributed by atoms with E-state index in [1.165, 1.54) is 0 Å². The Morgan fingerprint density at radius 1 is 0.525 bits per heavy atom. The van der Waals surface area contributed by atoms with Gasteiger partial charge in [-0.05, 0) is 120 Å². The lowest BCUT2D eigenvalue weighted by atomic mass is 9.83. The van der Waals surface area contributed by atoms with Gasteiger partial charge in [0, 0.05) is 9.79 Å². The molecule has 212 valence electrons. The molecule has 4 aromatic rings. The minimum absolute atomic E-state index is 0.0623. The van der Waals surface area contributed by atoms with E-state index in [0.29, 0.717) is 11.5 Å². The van der Waals surface area contributed by atoms with Gasteiger partial charge in [-0.3, -0.25) is 0 Å². The van der Waals surface area contributed by atoms with Crippen molar-refractivity contribution < 1.29 is 25.2 Å². The van der Waals surface area contributed by atoms with E-state index in [1.807, 2.05) is 50.2 Å². The normalized spacial score (nSPS) is 11.5. The first-order valence-electron chi connectivity index (χ1n) is 13.2. The van der Waals surface area contributed by atoms with E-state index < -0.39 is 0 Å². The van der Waals surface area contributed by atoms with Crippen LogP contribution in [0.15, 0.2) is 82.6 Å². The molecule has 0 saturated carbocycles. The van der Waals surface area contributed by atoms with Gasteiger partial charge in [0.15, 0.2) is 23.0 Å². The molecule has 0 bridgehead atoms. The van der Waals surface area contributed by atoms with E-state index >= 15 is 0 Å². The maximum Gasteiger partial charge on any atom is 0.169 e. The Balaban J connectivity index is 0.000000249. The molecule has 0 aromatic heterocycles. The Hall–Kier alpha value is -3.77. The fourth-order valence-corrected chi connectivity index (χ4v) is 5.22. The molecule has 0 spiro atoms. The third-order valence-electron chi connectivity index (χ3n) is 6.36. The van der Waals surface area contributed by atoms with Crippen molar-refractivity contribution in [3.63, 3.8) is 0 Å². The zero-order valence-electron chi connectivity index (χ0n) is 24.5. The summed E-state index contributed by atoms with van der Waals surface area (Å²) >= 11 is 1.58. The van der Waals surface area contributed by atoms with Gasteiger partial charge in [-0.1, -0.05) is 53.3 Å². The number of rotatable bonds is 4. The van der Waals surface area contributed by atoms with Crippen LogP contribution < -0.4 is 4.74 Å². The summed E-state index contributed by atoms with van der Waals surface area (Å²) in [5.41, 5.74) is 4.10. The van der Waals surface area contributed by atoms with Crippen molar-refractivity contribution in [2.45, 2.75) is 76.0 Å². The average molecular weight is 561 g/mol. The fourth-order valence-electron chi connectivity index (χ4n) is 4.40. The highest BCUT2D eigenvalue weighted by Crippen LogP contribution is 2.42. The molecule has 0 aliphatic heterocycles. The van der Waals surface area contributed by atoms with Crippen LogP contribution >= 0.6 is 11.8 Å². The lowest BCUT2D eigenvalue weighted by molar-refractivity contribution is 0.382. The van der Waals surface area contributed by atoms with Gasteiger partial charge in [0.1, 0.15) is 11.5 Å². The highest BCUT2D eigenvalue weighted by atomic mass is 32.2. The van der Waals surface area contributed by atoms with Gasteiger partial charge in [0.05, 0.1) is 0 Å². The molecule has 0 aliphatic rings. The minimum atomic E-state index is -0.0623. The highest BCUT2D eigenvalue weighted by Gasteiger charge is 2.22. The van der Waals surface area contributed by atoms with Crippen molar-refractivity contribution in [1.82, 2.24) is 0 Å². The molecule has 4 N–H and O–H groups in total. The molecule has 0 fully saturated rings. The van der Waals surface area contributed by atoms with Crippen LogP contribution in [0.5, 0.6) is 34.5 Å². The molecule has 40 heavy (non-hydrogen) atoms. The zero-order valence-corrected chi connectivity index (χ0v) is 25.4. The van der Waals surface area contributed by atoms with Crippen molar-refractivity contribution in [1.29, 1.82) is 0 Å². The third-order valence-corrected chi connectivity index (χ3v) is 7.37. The van der Waals surface area contributed by atoms with Crippen LogP contribution in [0.2, 0.25) is 0 Å². The first-order valence-corrected chi connectivity index (χ1v) is 14.0. The fraction of sp³-hybridized carbons (Fsp3) is 0.294. The van der Waals surface area contributed by atoms with Crippen molar-refractivity contribution in [2.75, 3.05) is 0 Å². The molecular weight excluding hydrogens is 520 g/mol. The topological polar surface area (TPSA) is 90.2 Å². The second-order valence-corrected chi connectivity index (χ2v) is 13.1. The quantitative estimate of drug-likeness (QED) is 0.199. The number of hydrogen-bond acceptors (Lipinski definition) is 6. The largest absolute Gasteiger partial charge is 0.508 e.